The molecule has 0 spiro atoms. The minimum Gasteiger partial charge on any atom is -0.506 e. The van der Waals surface area contributed by atoms with Crippen LogP contribution >= 0.6 is 23.2 Å². The number of phenols is 1. The van der Waals surface area contributed by atoms with E-state index >= 15 is 0 Å². The molecule has 1 nitrogen and oxygen atoms in total. The largest absolute Gasteiger partial charge is 0.506 e. The van der Waals surface area contributed by atoms with Crippen molar-refractivity contribution in [3.63, 3.8) is 0 Å². The van der Waals surface area contributed by atoms with Gasteiger partial charge in [-0.3, -0.25) is 0 Å². The topological polar surface area (TPSA) is 20.2 Å². The third-order valence-electron chi connectivity index (χ3n) is 1.16. The molecule has 0 saturated heterocycles. The second kappa shape index (κ2) is 3.13. The standard InChI is InChI=1S/C7H6Cl2O/c8-4-5-1-2-6(9)7(10)3-5/h1-3,10H,4H2. The predicted octanol–water partition coefficient (Wildman–Crippen LogP) is 2.78. The van der Waals surface area contributed by atoms with Gasteiger partial charge in [0, 0.05) is 5.88 Å². The van der Waals surface area contributed by atoms with Gasteiger partial charge in [-0.15, -0.1) is 11.6 Å². The maximum Gasteiger partial charge on any atom is 0.134 e. The fourth-order valence-corrected chi connectivity index (χ4v) is 0.925. The lowest BCUT2D eigenvalue weighted by Crippen LogP contribution is -1.76. The maximum absolute atomic E-state index is 9.04. The molecule has 0 aliphatic carbocycles. The molecule has 0 aliphatic rings. The monoisotopic (exact) mass is 176 g/mol. The van der Waals surface area contributed by atoms with Gasteiger partial charge >= 0.3 is 0 Å². The number of aromatic hydroxyl groups is 1. The van der Waals surface area contributed by atoms with Gasteiger partial charge in [-0.05, 0) is 17.7 Å². The molecule has 0 aromatic heterocycles. The van der Waals surface area contributed by atoms with Gasteiger partial charge in [0.15, 0.2) is 0 Å². The first-order valence-electron chi connectivity index (χ1n) is 2.77. The van der Waals surface area contributed by atoms with Crippen LogP contribution in [0.25, 0.3) is 0 Å². The zero-order valence-corrected chi connectivity index (χ0v) is 6.65. The Labute approximate surface area is 69.2 Å². The first-order valence-corrected chi connectivity index (χ1v) is 3.68. The van der Waals surface area contributed by atoms with Crippen LogP contribution in [-0.4, -0.2) is 5.11 Å². The quantitative estimate of drug-likeness (QED) is 0.654. The Morgan fingerprint density at radius 1 is 1.40 bits per heavy atom. The van der Waals surface area contributed by atoms with Gasteiger partial charge in [0.25, 0.3) is 0 Å². The third-order valence-corrected chi connectivity index (χ3v) is 1.79. The Morgan fingerprint density at radius 3 is 2.60 bits per heavy atom. The van der Waals surface area contributed by atoms with E-state index in [4.69, 9.17) is 28.3 Å². The van der Waals surface area contributed by atoms with Gasteiger partial charge in [-0.1, -0.05) is 17.7 Å². The molecule has 0 heterocycles. The zero-order valence-electron chi connectivity index (χ0n) is 5.14. The van der Waals surface area contributed by atoms with Crippen LogP contribution in [0.4, 0.5) is 0 Å². The van der Waals surface area contributed by atoms with Crippen molar-refractivity contribution in [2.24, 2.45) is 0 Å². The molecule has 0 radical (unpaired) electrons. The second-order valence-corrected chi connectivity index (χ2v) is 2.59. The number of halogens is 2. The number of rotatable bonds is 1. The highest BCUT2D eigenvalue weighted by Crippen LogP contribution is 2.24. The molecule has 0 fully saturated rings. The number of phenolic OH excluding ortho intramolecular Hbond substituents is 1. The first kappa shape index (κ1) is 7.70. The van der Waals surface area contributed by atoms with E-state index < -0.39 is 0 Å². The molecule has 0 atom stereocenters. The van der Waals surface area contributed by atoms with Crippen molar-refractivity contribution in [1.29, 1.82) is 0 Å². The minimum atomic E-state index is 0.0832. The summed E-state index contributed by atoms with van der Waals surface area (Å²) in [4.78, 5) is 0. The third kappa shape index (κ3) is 1.55. The van der Waals surface area contributed by atoms with Crippen LogP contribution in [0.5, 0.6) is 5.75 Å². The Hall–Kier alpha value is -0.400. The molecule has 1 rings (SSSR count). The van der Waals surface area contributed by atoms with Crippen molar-refractivity contribution in [2.45, 2.75) is 5.88 Å². The molecule has 0 bridgehead atoms. The molecule has 0 saturated carbocycles. The summed E-state index contributed by atoms with van der Waals surface area (Å²) in [5, 5.41) is 9.40. The van der Waals surface area contributed by atoms with Gasteiger partial charge in [0.2, 0.25) is 0 Å². The van der Waals surface area contributed by atoms with Crippen LogP contribution in [-0.2, 0) is 5.88 Å². The molecule has 10 heavy (non-hydrogen) atoms. The lowest BCUT2D eigenvalue weighted by molar-refractivity contribution is 0.475. The SMILES string of the molecule is Oc1cc(CCl)ccc1Cl. The Balaban J connectivity index is 3.04. The van der Waals surface area contributed by atoms with Crippen LogP contribution in [0.2, 0.25) is 5.02 Å². The van der Waals surface area contributed by atoms with E-state index in [1.165, 1.54) is 0 Å². The van der Waals surface area contributed by atoms with E-state index in [2.05, 4.69) is 0 Å². The van der Waals surface area contributed by atoms with Crippen molar-refractivity contribution < 1.29 is 5.11 Å². The van der Waals surface area contributed by atoms with Gasteiger partial charge < -0.3 is 5.11 Å². The normalized spacial score (nSPS) is 9.80. The summed E-state index contributed by atoms with van der Waals surface area (Å²) >= 11 is 11.0. The molecule has 0 amide bonds. The summed E-state index contributed by atoms with van der Waals surface area (Å²) in [6.07, 6.45) is 0. The summed E-state index contributed by atoms with van der Waals surface area (Å²) in [5.41, 5.74) is 0.864. The molecule has 1 N–H and O–H groups in total. The molecule has 0 aliphatic heterocycles. The summed E-state index contributed by atoms with van der Waals surface area (Å²) < 4.78 is 0. The van der Waals surface area contributed by atoms with E-state index in [0.717, 1.165) is 5.56 Å². The number of hydrogen-bond donors (Lipinski definition) is 1. The molecule has 54 valence electrons. The van der Waals surface area contributed by atoms with Crippen molar-refractivity contribution in [2.75, 3.05) is 0 Å². The highest BCUT2D eigenvalue weighted by molar-refractivity contribution is 6.32. The van der Waals surface area contributed by atoms with E-state index in [1.54, 1.807) is 18.2 Å². The molecular formula is C7H6Cl2O. The van der Waals surface area contributed by atoms with Crippen LogP contribution in [0.3, 0.4) is 0 Å². The predicted molar refractivity (Wildman–Crippen MR) is 42.7 cm³/mol. The highest BCUT2D eigenvalue weighted by Gasteiger charge is 1.97. The minimum absolute atomic E-state index is 0.0832. The average molecular weight is 177 g/mol. The van der Waals surface area contributed by atoms with Crippen LogP contribution in [0, 0.1) is 0 Å². The smallest absolute Gasteiger partial charge is 0.134 e. The first-order chi connectivity index (χ1) is 4.74. The Kier molecular flexibility index (Phi) is 2.41. The maximum atomic E-state index is 9.04. The molecule has 0 unspecified atom stereocenters. The highest BCUT2D eigenvalue weighted by atomic mass is 35.5. The summed E-state index contributed by atoms with van der Waals surface area (Å²) in [6.45, 7) is 0. The Morgan fingerprint density at radius 2 is 2.10 bits per heavy atom. The van der Waals surface area contributed by atoms with Crippen molar-refractivity contribution in [3.05, 3.63) is 28.8 Å². The molecule has 1 aromatic carbocycles. The van der Waals surface area contributed by atoms with Crippen LogP contribution in [0.15, 0.2) is 18.2 Å². The zero-order chi connectivity index (χ0) is 7.56. The van der Waals surface area contributed by atoms with Gasteiger partial charge in [0.05, 0.1) is 5.02 Å². The average Bonchev–Trinajstić information content (AvgIpc) is 1.95. The van der Waals surface area contributed by atoms with E-state index in [0.29, 0.717) is 10.9 Å². The number of benzene rings is 1. The molecular weight excluding hydrogens is 171 g/mol. The van der Waals surface area contributed by atoms with E-state index in [-0.39, 0.29) is 5.75 Å². The molecule has 1 aromatic rings. The van der Waals surface area contributed by atoms with Crippen LogP contribution in [0.1, 0.15) is 5.56 Å². The fourth-order valence-electron chi connectivity index (χ4n) is 0.641. The summed E-state index contributed by atoms with van der Waals surface area (Å²) in [5.74, 6) is 0.477. The summed E-state index contributed by atoms with van der Waals surface area (Å²) in [7, 11) is 0. The Bertz CT molecular complexity index is 235. The van der Waals surface area contributed by atoms with Gasteiger partial charge in [0.1, 0.15) is 5.75 Å². The van der Waals surface area contributed by atoms with E-state index in [1.807, 2.05) is 0 Å². The van der Waals surface area contributed by atoms with Crippen molar-refractivity contribution in [1.82, 2.24) is 0 Å². The second-order valence-electron chi connectivity index (χ2n) is 1.92. The number of hydrogen-bond acceptors (Lipinski definition) is 1. The lowest BCUT2D eigenvalue weighted by Gasteiger charge is -1.97. The van der Waals surface area contributed by atoms with E-state index in [9.17, 15) is 0 Å². The van der Waals surface area contributed by atoms with Crippen molar-refractivity contribution >= 4 is 23.2 Å². The van der Waals surface area contributed by atoms with Gasteiger partial charge in [-0.2, -0.15) is 0 Å². The van der Waals surface area contributed by atoms with Crippen molar-refractivity contribution in [3.8, 4) is 5.75 Å². The van der Waals surface area contributed by atoms with Crippen LogP contribution < -0.4 is 0 Å². The fraction of sp³-hybridized carbons (Fsp3) is 0.143. The van der Waals surface area contributed by atoms with Gasteiger partial charge in [-0.25, -0.2) is 0 Å². The number of alkyl halides is 1. The summed E-state index contributed by atoms with van der Waals surface area (Å²) in [6, 6.07) is 4.94. The lowest BCUT2D eigenvalue weighted by atomic mass is 10.2. The molecule has 3 heteroatoms.